The van der Waals surface area contributed by atoms with Crippen molar-refractivity contribution in [2.24, 2.45) is 0 Å². The average molecular weight is 299 g/mol. The molecule has 0 atom stereocenters. The maximum Gasteiger partial charge on any atom is 0.343 e. The van der Waals surface area contributed by atoms with E-state index < -0.39 is 5.97 Å². The van der Waals surface area contributed by atoms with Gasteiger partial charge in [0.05, 0.1) is 7.11 Å². The van der Waals surface area contributed by atoms with Crippen LogP contribution in [0.25, 0.3) is 0 Å². The van der Waals surface area contributed by atoms with Crippen LogP contribution in [0.1, 0.15) is 15.9 Å². The number of aryl methyl sites for hydroxylation is 1. The van der Waals surface area contributed by atoms with E-state index in [2.05, 4.69) is 10.1 Å². The zero-order valence-electron chi connectivity index (χ0n) is 12.5. The van der Waals surface area contributed by atoms with Gasteiger partial charge in [0.1, 0.15) is 5.75 Å². The summed E-state index contributed by atoms with van der Waals surface area (Å²) in [6, 6.07) is 14.2. The Balaban J connectivity index is 2.05. The van der Waals surface area contributed by atoms with Crippen molar-refractivity contribution in [2.75, 3.05) is 19.0 Å². The van der Waals surface area contributed by atoms with Crippen molar-refractivity contribution in [1.29, 1.82) is 0 Å². The molecule has 0 aliphatic carbocycles. The molecule has 0 bridgehead atoms. The van der Waals surface area contributed by atoms with E-state index in [0.29, 0.717) is 17.0 Å². The molecule has 2 aromatic rings. The molecule has 1 N–H and O–H groups in total. The molecule has 22 heavy (non-hydrogen) atoms. The number of carbonyl (C=O) groups excluding carboxylic acids is 2. The Hall–Kier alpha value is -2.82. The fourth-order valence-electron chi connectivity index (χ4n) is 1.89. The molecule has 2 rings (SSSR count). The number of ether oxygens (including phenoxy) is 2. The Morgan fingerprint density at radius 3 is 2.59 bits per heavy atom. The number of hydrogen-bond donors (Lipinski definition) is 1. The van der Waals surface area contributed by atoms with E-state index in [1.54, 1.807) is 30.3 Å². The second kappa shape index (κ2) is 7.26. The average Bonchev–Trinajstić information content (AvgIpc) is 2.53. The minimum absolute atomic E-state index is 0.175. The summed E-state index contributed by atoms with van der Waals surface area (Å²) in [6.07, 6.45) is 0. The Labute approximate surface area is 128 Å². The third-order valence-electron chi connectivity index (χ3n) is 3.07. The lowest BCUT2D eigenvalue weighted by molar-refractivity contribution is -0.142. The number of methoxy groups -OCH3 is 1. The van der Waals surface area contributed by atoms with Gasteiger partial charge < -0.3 is 14.8 Å². The first kappa shape index (κ1) is 15.6. The number of nitrogens with one attached hydrogen (secondary N) is 1. The molecule has 5 nitrogen and oxygen atoms in total. The van der Waals surface area contributed by atoms with E-state index in [1.807, 2.05) is 25.1 Å². The third kappa shape index (κ3) is 4.09. The third-order valence-corrected chi connectivity index (χ3v) is 3.07. The van der Waals surface area contributed by atoms with Gasteiger partial charge >= 0.3 is 5.97 Å². The van der Waals surface area contributed by atoms with Crippen molar-refractivity contribution in [3.63, 3.8) is 0 Å². The highest BCUT2D eigenvalue weighted by Crippen LogP contribution is 2.18. The molecule has 0 aliphatic heterocycles. The minimum Gasteiger partial charge on any atom is -0.482 e. The number of amides is 1. The van der Waals surface area contributed by atoms with Gasteiger partial charge in [-0.3, -0.25) is 4.79 Å². The van der Waals surface area contributed by atoms with Crippen molar-refractivity contribution in [2.45, 2.75) is 6.92 Å². The van der Waals surface area contributed by atoms with E-state index in [0.717, 1.165) is 5.56 Å². The van der Waals surface area contributed by atoms with Crippen LogP contribution in [0.15, 0.2) is 48.5 Å². The lowest BCUT2D eigenvalue weighted by Gasteiger charge is -2.09. The van der Waals surface area contributed by atoms with Crippen molar-refractivity contribution in [1.82, 2.24) is 0 Å². The molecule has 0 spiro atoms. The Kier molecular flexibility index (Phi) is 5.14. The molecule has 0 fully saturated rings. The van der Waals surface area contributed by atoms with Gasteiger partial charge in [-0.25, -0.2) is 4.79 Å². The van der Waals surface area contributed by atoms with Crippen LogP contribution in [0, 0.1) is 6.92 Å². The molecule has 5 heteroatoms. The first-order valence-corrected chi connectivity index (χ1v) is 6.77. The predicted molar refractivity (Wildman–Crippen MR) is 83.1 cm³/mol. The summed E-state index contributed by atoms with van der Waals surface area (Å²) in [5.41, 5.74) is 2.11. The monoisotopic (exact) mass is 299 g/mol. The summed E-state index contributed by atoms with van der Waals surface area (Å²) in [7, 11) is 1.30. The number of esters is 1. The fraction of sp³-hybridized carbons (Fsp3) is 0.176. The van der Waals surface area contributed by atoms with Crippen LogP contribution in [0.5, 0.6) is 5.75 Å². The van der Waals surface area contributed by atoms with Gasteiger partial charge in [-0.1, -0.05) is 24.3 Å². The largest absolute Gasteiger partial charge is 0.482 e. The Morgan fingerprint density at radius 1 is 1.09 bits per heavy atom. The fourth-order valence-corrected chi connectivity index (χ4v) is 1.89. The lowest BCUT2D eigenvalue weighted by Crippen LogP contribution is -2.14. The maximum atomic E-state index is 12.2. The molecule has 0 heterocycles. The highest BCUT2D eigenvalue weighted by atomic mass is 16.6. The summed E-state index contributed by atoms with van der Waals surface area (Å²) in [4.78, 5) is 23.3. The van der Waals surface area contributed by atoms with Gasteiger partial charge in [-0.2, -0.15) is 0 Å². The molecule has 0 saturated carbocycles. The standard InChI is InChI=1S/C17H17NO4/c1-12-6-3-4-9-15(12)17(20)18-13-7-5-8-14(10-13)22-11-16(19)21-2/h3-10H,11H2,1-2H3,(H,18,20). The van der Waals surface area contributed by atoms with Crippen molar-refractivity contribution in [3.05, 3.63) is 59.7 Å². The number of rotatable bonds is 5. The summed E-state index contributed by atoms with van der Waals surface area (Å²) in [5, 5.41) is 2.81. The van der Waals surface area contributed by atoms with Gasteiger partial charge in [0.15, 0.2) is 6.61 Å². The zero-order chi connectivity index (χ0) is 15.9. The van der Waals surface area contributed by atoms with Crippen LogP contribution in [-0.4, -0.2) is 25.6 Å². The van der Waals surface area contributed by atoms with Crippen LogP contribution in [-0.2, 0) is 9.53 Å². The predicted octanol–water partition coefficient (Wildman–Crippen LogP) is 2.80. The van der Waals surface area contributed by atoms with E-state index in [1.165, 1.54) is 7.11 Å². The smallest absolute Gasteiger partial charge is 0.343 e. The highest BCUT2D eigenvalue weighted by Gasteiger charge is 2.09. The van der Waals surface area contributed by atoms with E-state index >= 15 is 0 Å². The van der Waals surface area contributed by atoms with Crippen LogP contribution < -0.4 is 10.1 Å². The number of hydrogen-bond acceptors (Lipinski definition) is 4. The quantitative estimate of drug-likeness (QED) is 0.862. The zero-order valence-corrected chi connectivity index (χ0v) is 12.5. The summed E-state index contributed by atoms with van der Waals surface area (Å²) in [6.45, 7) is 1.70. The molecular formula is C17H17NO4. The Morgan fingerprint density at radius 2 is 1.86 bits per heavy atom. The maximum absolute atomic E-state index is 12.2. The molecule has 0 aliphatic rings. The van der Waals surface area contributed by atoms with Crippen molar-refractivity contribution < 1.29 is 19.1 Å². The van der Waals surface area contributed by atoms with E-state index in [4.69, 9.17) is 4.74 Å². The molecule has 1 amide bonds. The van der Waals surface area contributed by atoms with Crippen LogP contribution >= 0.6 is 0 Å². The summed E-state index contributed by atoms with van der Waals surface area (Å²) in [5.74, 6) is -0.175. The molecule has 0 unspecified atom stereocenters. The molecule has 2 aromatic carbocycles. The molecule has 0 radical (unpaired) electrons. The number of benzene rings is 2. The second-order valence-corrected chi connectivity index (χ2v) is 4.66. The van der Waals surface area contributed by atoms with Crippen molar-refractivity contribution in [3.8, 4) is 5.75 Å². The van der Waals surface area contributed by atoms with E-state index in [-0.39, 0.29) is 12.5 Å². The van der Waals surface area contributed by atoms with Crippen LogP contribution in [0.4, 0.5) is 5.69 Å². The van der Waals surface area contributed by atoms with Gasteiger partial charge in [0.25, 0.3) is 5.91 Å². The van der Waals surface area contributed by atoms with Crippen molar-refractivity contribution >= 4 is 17.6 Å². The summed E-state index contributed by atoms with van der Waals surface area (Å²) >= 11 is 0. The van der Waals surface area contributed by atoms with Gasteiger partial charge in [-0.15, -0.1) is 0 Å². The molecule has 0 saturated heterocycles. The SMILES string of the molecule is COC(=O)COc1cccc(NC(=O)c2ccccc2C)c1. The number of carbonyl (C=O) groups is 2. The second-order valence-electron chi connectivity index (χ2n) is 4.66. The molecular weight excluding hydrogens is 282 g/mol. The van der Waals surface area contributed by atoms with E-state index in [9.17, 15) is 9.59 Å². The lowest BCUT2D eigenvalue weighted by atomic mass is 10.1. The highest BCUT2D eigenvalue weighted by molar-refractivity contribution is 6.05. The van der Waals surface area contributed by atoms with Crippen LogP contribution in [0.3, 0.4) is 0 Å². The molecule has 0 aromatic heterocycles. The minimum atomic E-state index is -0.464. The normalized spacial score (nSPS) is 9.91. The first-order chi connectivity index (χ1) is 10.6. The van der Waals surface area contributed by atoms with Crippen LogP contribution in [0.2, 0.25) is 0 Å². The number of anilines is 1. The summed E-state index contributed by atoms with van der Waals surface area (Å²) < 4.78 is 9.79. The topological polar surface area (TPSA) is 64.6 Å². The molecule has 114 valence electrons. The van der Waals surface area contributed by atoms with Gasteiger partial charge in [0, 0.05) is 17.3 Å². The first-order valence-electron chi connectivity index (χ1n) is 6.77. The Bertz CT molecular complexity index is 682. The van der Waals surface area contributed by atoms with Gasteiger partial charge in [0.2, 0.25) is 0 Å². The van der Waals surface area contributed by atoms with Gasteiger partial charge in [-0.05, 0) is 30.7 Å².